The summed E-state index contributed by atoms with van der Waals surface area (Å²) in [5.41, 5.74) is 7.03. The predicted octanol–water partition coefficient (Wildman–Crippen LogP) is 2.19. The van der Waals surface area contributed by atoms with Gasteiger partial charge in [-0.25, -0.2) is 0 Å². The monoisotopic (exact) mass is 263 g/mol. The van der Waals surface area contributed by atoms with Crippen LogP contribution in [0.4, 0.5) is 0 Å². The highest BCUT2D eigenvalue weighted by molar-refractivity contribution is 5.81. The van der Waals surface area contributed by atoms with Gasteiger partial charge in [0.15, 0.2) is 0 Å². The van der Waals surface area contributed by atoms with Crippen LogP contribution in [0.15, 0.2) is 24.5 Å². The third-order valence-electron chi connectivity index (χ3n) is 3.02. The van der Waals surface area contributed by atoms with Crippen LogP contribution >= 0.6 is 0 Å². The van der Waals surface area contributed by atoms with Gasteiger partial charge < -0.3 is 10.6 Å². The summed E-state index contributed by atoms with van der Waals surface area (Å²) in [4.78, 5) is 18.3. The first-order valence-corrected chi connectivity index (χ1v) is 6.86. The van der Waals surface area contributed by atoms with Crippen molar-refractivity contribution in [3.05, 3.63) is 30.1 Å². The van der Waals surface area contributed by atoms with Crippen molar-refractivity contribution in [1.29, 1.82) is 0 Å². The van der Waals surface area contributed by atoms with Crippen LogP contribution in [0.3, 0.4) is 0 Å². The summed E-state index contributed by atoms with van der Waals surface area (Å²) in [6.07, 6.45) is 4.24. The molecule has 1 aromatic heterocycles. The van der Waals surface area contributed by atoms with E-state index in [4.69, 9.17) is 5.73 Å². The summed E-state index contributed by atoms with van der Waals surface area (Å²) in [7, 11) is 0. The van der Waals surface area contributed by atoms with Crippen molar-refractivity contribution in [1.82, 2.24) is 9.88 Å². The van der Waals surface area contributed by atoms with Crippen LogP contribution in [0.25, 0.3) is 0 Å². The minimum absolute atomic E-state index is 0.0209. The van der Waals surface area contributed by atoms with E-state index in [1.165, 1.54) is 0 Å². The highest BCUT2D eigenvalue weighted by Crippen LogP contribution is 2.12. The molecule has 0 bridgehead atoms. The predicted molar refractivity (Wildman–Crippen MR) is 77.4 cm³/mol. The summed E-state index contributed by atoms with van der Waals surface area (Å²) in [6.45, 7) is 8.74. The molecule has 0 aromatic carbocycles. The van der Waals surface area contributed by atoms with Gasteiger partial charge in [-0.3, -0.25) is 9.78 Å². The Balaban J connectivity index is 2.75. The molecule has 0 aliphatic heterocycles. The van der Waals surface area contributed by atoms with Gasteiger partial charge in [-0.2, -0.15) is 0 Å². The zero-order chi connectivity index (χ0) is 14.4. The first kappa shape index (κ1) is 15.6. The van der Waals surface area contributed by atoms with Gasteiger partial charge >= 0.3 is 0 Å². The Hall–Kier alpha value is -1.42. The maximum Gasteiger partial charge on any atom is 0.240 e. The highest BCUT2D eigenvalue weighted by Gasteiger charge is 2.23. The minimum atomic E-state index is -0.418. The highest BCUT2D eigenvalue weighted by atomic mass is 16.2. The fourth-order valence-electron chi connectivity index (χ4n) is 2.03. The molecule has 0 unspecified atom stereocenters. The minimum Gasteiger partial charge on any atom is -0.335 e. The molecule has 1 atom stereocenters. The van der Waals surface area contributed by atoms with Gasteiger partial charge in [0, 0.05) is 25.0 Å². The van der Waals surface area contributed by atoms with Gasteiger partial charge in [0.05, 0.1) is 6.04 Å². The Morgan fingerprint density at radius 2 is 2.05 bits per heavy atom. The third kappa shape index (κ3) is 4.99. The summed E-state index contributed by atoms with van der Waals surface area (Å²) in [5.74, 6) is 0.443. The van der Waals surface area contributed by atoms with Crippen LogP contribution in [-0.4, -0.2) is 27.9 Å². The van der Waals surface area contributed by atoms with E-state index in [9.17, 15) is 4.79 Å². The number of nitrogens with two attached hydrogens (primary N) is 1. The van der Waals surface area contributed by atoms with Crippen molar-refractivity contribution in [2.45, 2.75) is 52.7 Å². The largest absolute Gasteiger partial charge is 0.335 e. The number of hydrogen-bond acceptors (Lipinski definition) is 3. The van der Waals surface area contributed by atoms with Crippen LogP contribution in [0, 0.1) is 5.92 Å². The second-order valence-corrected chi connectivity index (χ2v) is 5.66. The fraction of sp³-hybridized carbons (Fsp3) is 0.600. The number of carbonyl (C=O) groups is 1. The summed E-state index contributed by atoms with van der Waals surface area (Å²) >= 11 is 0. The van der Waals surface area contributed by atoms with E-state index in [0.717, 1.165) is 12.0 Å². The molecule has 106 valence electrons. The number of hydrogen-bond donors (Lipinski definition) is 1. The molecule has 19 heavy (non-hydrogen) atoms. The van der Waals surface area contributed by atoms with Gasteiger partial charge in [0.1, 0.15) is 0 Å². The second kappa shape index (κ2) is 7.24. The average Bonchev–Trinajstić information content (AvgIpc) is 2.35. The maximum absolute atomic E-state index is 12.4. The topological polar surface area (TPSA) is 59.2 Å². The van der Waals surface area contributed by atoms with E-state index in [1.807, 2.05) is 30.9 Å². The molecule has 1 aromatic rings. The van der Waals surface area contributed by atoms with Gasteiger partial charge in [-0.1, -0.05) is 19.9 Å². The van der Waals surface area contributed by atoms with E-state index < -0.39 is 6.04 Å². The molecule has 1 heterocycles. The molecule has 0 radical (unpaired) electrons. The first-order chi connectivity index (χ1) is 8.91. The van der Waals surface area contributed by atoms with E-state index in [2.05, 4.69) is 18.8 Å². The Labute approximate surface area is 116 Å². The lowest BCUT2D eigenvalue weighted by Gasteiger charge is -2.30. The smallest absolute Gasteiger partial charge is 0.240 e. The van der Waals surface area contributed by atoms with Crippen LogP contribution in [0.2, 0.25) is 0 Å². The van der Waals surface area contributed by atoms with Crippen molar-refractivity contribution >= 4 is 5.91 Å². The molecule has 1 amide bonds. The molecule has 2 N–H and O–H groups in total. The quantitative estimate of drug-likeness (QED) is 0.856. The van der Waals surface area contributed by atoms with E-state index in [1.54, 1.807) is 12.4 Å². The zero-order valence-corrected chi connectivity index (χ0v) is 12.3. The number of carbonyl (C=O) groups excluding carboxylic acids is 1. The molecule has 4 nitrogen and oxygen atoms in total. The van der Waals surface area contributed by atoms with Crippen molar-refractivity contribution in [3.63, 3.8) is 0 Å². The first-order valence-electron chi connectivity index (χ1n) is 6.86. The van der Waals surface area contributed by atoms with Gasteiger partial charge in [-0.05, 0) is 37.8 Å². The fourth-order valence-corrected chi connectivity index (χ4v) is 2.03. The number of rotatable bonds is 6. The molecule has 0 fully saturated rings. The Kier molecular flexibility index (Phi) is 5.96. The Morgan fingerprint density at radius 3 is 2.53 bits per heavy atom. The Bertz CT molecular complexity index is 390. The lowest BCUT2D eigenvalue weighted by Crippen LogP contribution is -2.47. The number of pyridine rings is 1. The second-order valence-electron chi connectivity index (χ2n) is 5.66. The lowest BCUT2D eigenvalue weighted by molar-refractivity contribution is -0.135. The van der Waals surface area contributed by atoms with Gasteiger partial charge in [0.25, 0.3) is 0 Å². The van der Waals surface area contributed by atoms with Crippen LogP contribution in [0.5, 0.6) is 0 Å². The van der Waals surface area contributed by atoms with Crippen molar-refractivity contribution in [3.8, 4) is 0 Å². The van der Waals surface area contributed by atoms with Crippen molar-refractivity contribution in [2.75, 3.05) is 0 Å². The molecule has 0 aliphatic carbocycles. The molecule has 1 rings (SSSR count). The molecule has 0 saturated carbocycles. The molecular weight excluding hydrogens is 238 g/mol. The van der Waals surface area contributed by atoms with E-state index in [-0.39, 0.29) is 11.9 Å². The van der Waals surface area contributed by atoms with Crippen molar-refractivity contribution < 1.29 is 4.79 Å². The molecule has 0 spiro atoms. The summed E-state index contributed by atoms with van der Waals surface area (Å²) in [6, 6.07) is 3.57. The van der Waals surface area contributed by atoms with Crippen LogP contribution in [-0.2, 0) is 11.3 Å². The van der Waals surface area contributed by atoms with Gasteiger partial charge in [-0.15, -0.1) is 0 Å². The summed E-state index contributed by atoms with van der Waals surface area (Å²) in [5, 5.41) is 0. The van der Waals surface area contributed by atoms with Crippen molar-refractivity contribution in [2.24, 2.45) is 11.7 Å². The normalized spacial score (nSPS) is 12.8. The maximum atomic E-state index is 12.4. The van der Waals surface area contributed by atoms with Gasteiger partial charge in [0.2, 0.25) is 5.91 Å². The standard InChI is InChI=1S/C15H25N3O/c1-11(2)8-14(16)15(19)18(12(3)4)10-13-6-5-7-17-9-13/h5-7,9,11-12,14H,8,10,16H2,1-4H3/t14-/m1/s1. The SMILES string of the molecule is CC(C)C[C@@H](N)C(=O)N(Cc1cccnc1)C(C)C. The van der Waals surface area contributed by atoms with Crippen LogP contribution < -0.4 is 5.73 Å². The average molecular weight is 263 g/mol. The zero-order valence-electron chi connectivity index (χ0n) is 12.3. The molecule has 4 heteroatoms. The van der Waals surface area contributed by atoms with E-state index in [0.29, 0.717) is 12.5 Å². The lowest BCUT2D eigenvalue weighted by atomic mass is 10.0. The third-order valence-corrected chi connectivity index (χ3v) is 3.02. The summed E-state index contributed by atoms with van der Waals surface area (Å²) < 4.78 is 0. The molecule has 0 aliphatic rings. The number of amides is 1. The molecule has 0 saturated heterocycles. The number of aromatic nitrogens is 1. The van der Waals surface area contributed by atoms with E-state index >= 15 is 0 Å². The molecular formula is C15H25N3O. The Morgan fingerprint density at radius 1 is 1.37 bits per heavy atom. The number of nitrogens with zero attached hydrogens (tertiary/aromatic N) is 2. The van der Waals surface area contributed by atoms with Crippen LogP contribution in [0.1, 0.15) is 39.7 Å².